The molecule has 0 unspecified atom stereocenters. The van der Waals surface area contributed by atoms with Crippen molar-refractivity contribution in [2.75, 3.05) is 13.2 Å². The maximum Gasteiger partial charge on any atom is 0.335 e. The summed E-state index contributed by atoms with van der Waals surface area (Å²) in [6.45, 7) is 3.90. The zero-order valence-corrected chi connectivity index (χ0v) is 16.1. The van der Waals surface area contributed by atoms with Crippen LogP contribution in [0.25, 0.3) is 0 Å². The maximum atomic E-state index is 12.5. The van der Waals surface area contributed by atoms with E-state index in [-0.39, 0.29) is 37.8 Å². The van der Waals surface area contributed by atoms with Gasteiger partial charge in [-0.25, -0.2) is 4.79 Å². The molecule has 0 saturated carbocycles. The summed E-state index contributed by atoms with van der Waals surface area (Å²) in [5, 5.41) is 20.0. The molecule has 1 amide bonds. The summed E-state index contributed by atoms with van der Waals surface area (Å²) in [5.41, 5.74) is 0.834. The molecule has 0 aromatic heterocycles. The van der Waals surface area contributed by atoms with Gasteiger partial charge < -0.3 is 24.6 Å². The van der Waals surface area contributed by atoms with E-state index in [4.69, 9.17) is 19.3 Å². The van der Waals surface area contributed by atoms with E-state index >= 15 is 0 Å². The number of benzene rings is 1. The third kappa shape index (κ3) is 7.90. The molecular formula is C17H24NO8P. The maximum absolute atomic E-state index is 12.5. The third-order valence-electron chi connectivity index (χ3n) is 3.49. The second-order valence-electron chi connectivity index (χ2n) is 5.60. The average molecular weight is 401 g/mol. The Balaban J connectivity index is 2.79. The number of aliphatic carboxylic acids is 2. The topological polar surface area (TPSA) is 139 Å². The lowest BCUT2D eigenvalue weighted by Gasteiger charge is -2.17. The molecule has 0 aliphatic carbocycles. The number of hydrogen-bond acceptors (Lipinski definition) is 6. The van der Waals surface area contributed by atoms with Crippen LogP contribution in [0.1, 0.15) is 42.6 Å². The van der Waals surface area contributed by atoms with Gasteiger partial charge in [-0.3, -0.25) is 14.2 Å². The first-order chi connectivity index (χ1) is 12.7. The van der Waals surface area contributed by atoms with Crippen molar-refractivity contribution in [1.82, 2.24) is 5.32 Å². The van der Waals surface area contributed by atoms with Gasteiger partial charge in [-0.1, -0.05) is 12.1 Å². The molecule has 0 aliphatic heterocycles. The fraction of sp³-hybridized carbons (Fsp3) is 0.471. The van der Waals surface area contributed by atoms with E-state index in [0.29, 0.717) is 5.56 Å². The molecule has 1 atom stereocenters. The average Bonchev–Trinajstić information content (AvgIpc) is 2.58. The van der Waals surface area contributed by atoms with Crippen LogP contribution in [-0.2, 0) is 29.4 Å². The van der Waals surface area contributed by atoms with Crippen LogP contribution in [0.15, 0.2) is 24.3 Å². The second-order valence-corrected chi connectivity index (χ2v) is 7.65. The Morgan fingerprint density at radius 1 is 1.07 bits per heavy atom. The monoisotopic (exact) mass is 401 g/mol. The van der Waals surface area contributed by atoms with Crippen LogP contribution in [0.4, 0.5) is 0 Å². The van der Waals surface area contributed by atoms with Crippen molar-refractivity contribution in [3.05, 3.63) is 35.4 Å². The first-order valence-corrected chi connectivity index (χ1v) is 10.2. The minimum absolute atomic E-state index is 0.0486. The van der Waals surface area contributed by atoms with Gasteiger partial charge in [0.1, 0.15) is 6.04 Å². The SMILES string of the molecule is CCOP(=O)(Cc1ccc(C(=O)N[C@H](CCC(=O)O)C(=O)O)cc1)OCC. The highest BCUT2D eigenvalue weighted by molar-refractivity contribution is 7.53. The lowest BCUT2D eigenvalue weighted by molar-refractivity contribution is -0.140. The summed E-state index contributed by atoms with van der Waals surface area (Å²) in [7, 11) is -3.27. The normalized spacial score (nSPS) is 12.4. The number of carboxylic acids is 2. The van der Waals surface area contributed by atoms with Gasteiger partial charge in [0.2, 0.25) is 0 Å². The van der Waals surface area contributed by atoms with Gasteiger partial charge in [0.15, 0.2) is 0 Å². The van der Waals surface area contributed by atoms with Gasteiger partial charge in [0, 0.05) is 12.0 Å². The lowest BCUT2D eigenvalue weighted by atomic mass is 10.1. The molecule has 0 fully saturated rings. The third-order valence-corrected chi connectivity index (χ3v) is 5.55. The Morgan fingerprint density at radius 2 is 1.63 bits per heavy atom. The van der Waals surface area contributed by atoms with Crippen molar-refractivity contribution < 1.29 is 38.2 Å². The van der Waals surface area contributed by atoms with Crippen molar-refractivity contribution in [2.45, 2.75) is 38.9 Å². The quantitative estimate of drug-likeness (QED) is 0.454. The lowest BCUT2D eigenvalue weighted by Crippen LogP contribution is -2.41. The van der Waals surface area contributed by atoms with Gasteiger partial charge in [0.25, 0.3) is 5.91 Å². The van der Waals surface area contributed by atoms with E-state index in [1.54, 1.807) is 26.0 Å². The summed E-state index contributed by atoms with van der Waals surface area (Å²) in [6.07, 6.45) is -0.548. The Bertz CT molecular complexity index is 693. The number of carbonyl (C=O) groups is 3. The molecule has 9 nitrogen and oxygen atoms in total. The number of amides is 1. The van der Waals surface area contributed by atoms with Crippen molar-refractivity contribution in [1.29, 1.82) is 0 Å². The number of carbonyl (C=O) groups excluding carboxylic acids is 1. The number of rotatable bonds is 12. The Labute approximate surface area is 157 Å². The summed E-state index contributed by atoms with van der Waals surface area (Å²) in [4.78, 5) is 33.9. The second kappa shape index (κ2) is 10.8. The molecule has 0 heterocycles. The van der Waals surface area contributed by atoms with Crippen LogP contribution in [0, 0.1) is 0 Å². The Morgan fingerprint density at radius 3 is 2.07 bits per heavy atom. The van der Waals surface area contributed by atoms with Gasteiger partial charge in [-0.15, -0.1) is 0 Å². The van der Waals surface area contributed by atoms with Crippen molar-refractivity contribution in [3.8, 4) is 0 Å². The molecule has 3 N–H and O–H groups in total. The summed E-state index contributed by atoms with van der Waals surface area (Å²) in [5.74, 6) is -3.10. The molecule has 1 aromatic carbocycles. The number of hydrogen-bond donors (Lipinski definition) is 3. The van der Waals surface area contributed by atoms with Crippen LogP contribution < -0.4 is 5.32 Å². The van der Waals surface area contributed by atoms with Crippen LogP contribution in [-0.4, -0.2) is 47.3 Å². The minimum atomic E-state index is -3.27. The predicted octanol–water partition coefficient (Wildman–Crippen LogP) is 2.50. The fourth-order valence-electron chi connectivity index (χ4n) is 2.27. The molecule has 150 valence electrons. The molecule has 0 radical (unpaired) electrons. The Hall–Kier alpha value is -2.22. The zero-order valence-electron chi connectivity index (χ0n) is 15.2. The summed E-state index contributed by atoms with van der Waals surface area (Å²) < 4.78 is 22.9. The van der Waals surface area contributed by atoms with Crippen molar-refractivity contribution in [3.63, 3.8) is 0 Å². The molecule has 27 heavy (non-hydrogen) atoms. The van der Waals surface area contributed by atoms with Crippen LogP contribution in [0.5, 0.6) is 0 Å². The summed E-state index contributed by atoms with van der Waals surface area (Å²) in [6, 6.07) is 4.77. The van der Waals surface area contributed by atoms with Gasteiger partial charge in [-0.2, -0.15) is 0 Å². The van der Waals surface area contributed by atoms with E-state index < -0.39 is 31.5 Å². The molecule has 10 heteroatoms. The summed E-state index contributed by atoms with van der Waals surface area (Å²) >= 11 is 0. The van der Waals surface area contributed by atoms with Crippen LogP contribution in [0.2, 0.25) is 0 Å². The van der Waals surface area contributed by atoms with Gasteiger partial charge >= 0.3 is 19.5 Å². The van der Waals surface area contributed by atoms with E-state index in [9.17, 15) is 18.9 Å². The molecule has 1 aromatic rings. The van der Waals surface area contributed by atoms with Gasteiger partial charge in [0.05, 0.1) is 19.4 Å². The molecule has 0 aliphatic rings. The molecule has 0 bridgehead atoms. The van der Waals surface area contributed by atoms with Crippen LogP contribution >= 0.6 is 7.60 Å². The van der Waals surface area contributed by atoms with E-state index in [1.165, 1.54) is 12.1 Å². The molecular weight excluding hydrogens is 377 g/mol. The minimum Gasteiger partial charge on any atom is -0.481 e. The van der Waals surface area contributed by atoms with Crippen LogP contribution in [0.3, 0.4) is 0 Å². The zero-order chi connectivity index (χ0) is 20.4. The van der Waals surface area contributed by atoms with Gasteiger partial charge in [-0.05, 0) is 38.0 Å². The highest BCUT2D eigenvalue weighted by atomic mass is 31.2. The smallest absolute Gasteiger partial charge is 0.335 e. The van der Waals surface area contributed by atoms with E-state index in [0.717, 1.165) is 0 Å². The van der Waals surface area contributed by atoms with E-state index in [2.05, 4.69) is 5.32 Å². The molecule has 1 rings (SSSR count). The molecule has 0 spiro atoms. The standard InChI is InChI=1S/C17H24NO8P/c1-3-25-27(24,26-4-2)11-12-5-7-13(8-6-12)16(21)18-14(17(22)23)9-10-15(19)20/h5-8,14H,3-4,9-11H2,1-2H3,(H,18,21)(H,19,20)(H,22,23)/t14-/m1/s1. The first-order valence-electron chi connectivity index (χ1n) is 8.43. The first kappa shape index (κ1) is 22.8. The predicted molar refractivity (Wildman–Crippen MR) is 96.8 cm³/mol. The van der Waals surface area contributed by atoms with E-state index in [1.807, 2.05) is 0 Å². The highest BCUT2D eigenvalue weighted by Gasteiger charge is 2.25. The largest absolute Gasteiger partial charge is 0.481 e. The molecule has 0 saturated heterocycles. The number of nitrogens with one attached hydrogen (secondary N) is 1. The Kier molecular flexibility index (Phi) is 9.14. The highest BCUT2D eigenvalue weighted by Crippen LogP contribution is 2.51. The number of carboxylic acid groups (broad SMARTS) is 2. The van der Waals surface area contributed by atoms with Crippen molar-refractivity contribution in [2.24, 2.45) is 0 Å². The van der Waals surface area contributed by atoms with Crippen molar-refractivity contribution >= 4 is 25.4 Å². The fourth-order valence-corrected chi connectivity index (χ4v) is 3.98.